The Kier molecular flexibility index (Phi) is 22.7. The molecule has 0 aromatic carbocycles. The van der Waals surface area contributed by atoms with Crippen molar-refractivity contribution in [2.45, 2.75) is 135 Å². The van der Waals surface area contributed by atoms with E-state index < -0.39 is 29.6 Å². The van der Waals surface area contributed by atoms with E-state index in [4.69, 9.17) is 19.9 Å². The molecule has 0 aliphatic heterocycles. The van der Waals surface area contributed by atoms with Gasteiger partial charge in [-0.25, -0.2) is 4.79 Å². The van der Waals surface area contributed by atoms with Crippen molar-refractivity contribution < 1.29 is 28.6 Å². The van der Waals surface area contributed by atoms with Crippen LogP contribution in [0.15, 0.2) is 0 Å². The van der Waals surface area contributed by atoms with Gasteiger partial charge in [0.1, 0.15) is 6.61 Å². The van der Waals surface area contributed by atoms with Gasteiger partial charge in [0, 0.05) is 17.9 Å². The van der Waals surface area contributed by atoms with Crippen LogP contribution in [0.1, 0.15) is 118 Å². The molecule has 1 amide bonds. The lowest BCUT2D eigenvalue weighted by Crippen LogP contribution is -2.52. The maximum Gasteiger partial charge on any atom is 0.330 e. The van der Waals surface area contributed by atoms with Gasteiger partial charge in [-0.1, -0.05) is 84.0 Å². The van der Waals surface area contributed by atoms with Crippen molar-refractivity contribution in [2.24, 2.45) is 5.73 Å². The summed E-state index contributed by atoms with van der Waals surface area (Å²) in [5, 5.41) is 2.60. The van der Waals surface area contributed by atoms with E-state index in [1.165, 1.54) is 89.5 Å². The van der Waals surface area contributed by atoms with Crippen molar-refractivity contribution >= 4 is 29.6 Å². The standard InChI is InChI=1S/C29H56N2O6S/c1-6-7-8-9-10-11-12-13-14-15-16-17-18-19-26(32)36-20-21-38-23-24(30)27(33)31-25(28(34)35-5)22-37-29(2,3)4/h24-25H,6-23,30H2,1-5H3,(H,31,33)/t24-,25-/m0/s1. The number of unbranched alkanes of at least 4 members (excludes halogenated alkanes) is 12. The molecule has 224 valence electrons. The quantitative estimate of drug-likeness (QED) is 0.117. The summed E-state index contributed by atoms with van der Waals surface area (Å²) in [4.78, 5) is 36.2. The summed E-state index contributed by atoms with van der Waals surface area (Å²) in [5.41, 5.74) is 5.50. The highest BCUT2D eigenvalue weighted by atomic mass is 32.2. The van der Waals surface area contributed by atoms with Crippen LogP contribution in [0, 0.1) is 0 Å². The van der Waals surface area contributed by atoms with Crippen LogP contribution in [0.2, 0.25) is 0 Å². The van der Waals surface area contributed by atoms with Gasteiger partial charge in [0.2, 0.25) is 5.91 Å². The van der Waals surface area contributed by atoms with Crippen molar-refractivity contribution in [3.8, 4) is 0 Å². The van der Waals surface area contributed by atoms with Crippen LogP contribution in [-0.4, -0.2) is 67.4 Å². The number of methoxy groups -OCH3 is 1. The molecule has 3 N–H and O–H groups in total. The van der Waals surface area contributed by atoms with Crippen LogP contribution >= 0.6 is 11.8 Å². The first-order valence-corrected chi connectivity index (χ1v) is 15.8. The molecule has 0 fully saturated rings. The lowest BCUT2D eigenvalue weighted by molar-refractivity contribution is -0.148. The molecule has 0 aliphatic rings. The van der Waals surface area contributed by atoms with Crippen LogP contribution < -0.4 is 11.1 Å². The largest absolute Gasteiger partial charge is 0.467 e. The number of hydrogen-bond donors (Lipinski definition) is 2. The van der Waals surface area contributed by atoms with Crippen LogP contribution in [0.4, 0.5) is 0 Å². The fourth-order valence-electron chi connectivity index (χ4n) is 3.78. The SMILES string of the molecule is CCCCCCCCCCCCCCCC(=O)OCCSC[C@H](N)C(=O)N[C@@H](COC(C)(C)C)C(=O)OC. The van der Waals surface area contributed by atoms with Crippen molar-refractivity contribution in [3.05, 3.63) is 0 Å². The number of esters is 2. The van der Waals surface area contributed by atoms with Gasteiger partial charge in [0.25, 0.3) is 0 Å². The van der Waals surface area contributed by atoms with E-state index in [-0.39, 0.29) is 12.6 Å². The van der Waals surface area contributed by atoms with E-state index in [0.717, 1.165) is 12.8 Å². The first kappa shape index (κ1) is 36.7. The second-order valence-electron chi connectivity index (χ2n) is 10.9. The van der Waals surface area contributed by atoms with E-state index in [1.807, 2.05) is 20.8 Å². The summed E-state index contributed by atoms with van der Waals surface area (Å²) in [6.07, 6.45) is 17.0. The number of nitrogens with one attached hydrogen (secondary N) is 1. The fourth-order valence-corrected chi connectivity index (χ4v) is 4.56. The topological polar surface area (TPSA) is 117 Å². The molecule has 0 saturated carbocycles. The summed E-state index contributed by atoms with van der Waals surface area (Å²) in [7, 11) is 1.26. The third kappa shape index (κ3) is 22.6. The zero-order valence-corrected chi connectivity index (χ0v) is 25.6. The van der Waals surface area contributed by atoms with Gasteiger partial charge < -0.3 is 25.3 Å². The number of thioether (sulfide) groups is 1. The number of nitrogens with two attached hydrogens (primary N) is 1. The van der Waals surface area contributed by atoms with E-state index >= 15 is 0 Å². The molecule has 0 aromatic rings. The Morgan fingerprint density at radius 3 is 1.89 bits per heavy atom. The molecule has 0 radical (unpaired) electrons. The number of hydrogen-bond acceptors (Lipinski definition) is 8. The Labute approximate surface area is 236 Å². The van der Waals surface area contributed by atoms with E-state index in [0.29, 0.717) is 24.5 Å². The third-order valence-corrected chi connectivity index (χ3v) is 7.14. The predicted molar refractivity (Wildman–Crippen MR) is 156 cm³/mol. The maximum atomic E-state index is 12.4. The van der Waals surface area contributed by atoms with Gasteiger partial charge in [-0.2, -0.15) is 11.8 Å². The second kappa shape index (κ2) is 23.6. The van der Waals surface area contributed by atoms with E-state index in [2.05, 4.69) is 12.2 Å². The summed E-state index contributed by atoms with van der Waals surface area (Å²) >= 11 is 1.43. The molecule has 0 aliphatic carbocycles. The maximum absolute atomic E-state index is 12.4. The molecule has 0 unspecified atom stereocenters. The third-order valence-electron chi connectivity index (χ3n) is 6.09. The number of rotatable bonds is 24. The number of ether oxygens (including phenoxy) is 3. The highest BCUT2D eigenvalue weighted by molar-refractivity contribution is 7.99. The van der Waals surface area contributed by atoms with Crippen molar-refractivity contribution in [3.63, 3.8) is 0 Å². The molecule has 0 saturated heterocycles. The minimum atomic E-state index is -0.922. The summed E-state index contributed by atoms with van der Waals surface area (Å²) in [6, 6.07) is -1.72. The first-order valence-electron chi connectivity index (χ1n) is 14.6. The van der Waals surface area contributed by atoms with Crippen LogP contribution in [0.3, 0.4) is 0 Å². The average molecular weight is 561 g/mol. The molecule has 0 spiro atoms. The van der Waals surface area contributed by atoms with Gasteiger partial charge >= 0.3 is 11.9 Å². The molecule has 0 rings (SSSR count). The van der Waals surface area contributed by atoms with Gasteiger partial charge in [0.15, 0.2) is 6.04 Å². The molecule has 9 heteroatoms. The van der Waals surface area contributed by atoms with E-state index in [1.54, 1.807) is 0 Å². The lowest BCUT2D eigenvalue weighted by Gasteiger charge is -2.24. The summed E-state index contributed by atoms with van der Waals surface area (Å²) in [5.74, 6) is -0.312. The van der Waals surface area contributed by atoms with Gasteiger partial charge in [0.05, 0.1) is 25.4 Å². The van der Waals surface area contributed by atoms with Gasteiger partial charge in [-0.05, 0) is 27.2 Å². The predicted octanol–water partition coefficient (Wildman–Crippen LogP) is 5.54. The van der Waals surface area contributed by atoms with Crippen LogP contribution in [0.25, 0.3) is 0 Å². The Hall–Kier alpha value is -1.32. The van der Waals surface area contributed by atoms with Crippen molar-refractivity contribution in [1.29, 1.82) is 0 Å². The van der Waals surface area contributed by atoms with Crippen molar-refractivity contribution in [2.75, 3.05) is 31.8 Å². The highest BCUT2D eigenvalue weighted by Crippen LogP contribution is 2.13. The number of carbonyl (C=O) groups excluding carboxylic acids is 3. The molecule has 0 aromatic heterocycles. The minimum absolute atomic E-state index is 0.00299. The first-order chi connectivity index (χ1) is 18.1. The van der Waals surface area contributed by atoms with Crippen molar-refractivity contribution in [1.82, 2.24) is 5.32 Å². The molecule has 0 heterocycles. The van der Waals surface area contributed by atoms with E-state index in [9.17, 15) is 14.4 Å². The summed E-state index contributed by atoms with van der Waals surface area (Å²) in [6.45, 7) is 8.12. The Morgan fingerprint density at radius 1 is 0.868 bits per heavy atom. The average Bonchev–Trinajstić information content (AvgIpc) is 2.87. The molecule has 2 atom stereocenters. The molecule has 0 bridgehead atoms. The van der Waals surface area contributed by atoms with Gasteiger partial charge in [-0.15, -0.1) is 0 Å². The highest BCUT2D eigenvalue weighted by Gasteiger charge is 2.26. The Morgan fingerprint density at radius 2 is 1.39 bits per heavy atom. The smallest absolute Gasteiger partial charge is 0.330 e. The minimum Gasteiger partial charge on any atom is -0.467 e. The Balaban J connectivity index is 3.76. The normalized spacial score (nSPS) is 13.1. The lowest BCUT2D eigenvalue weighted by atomic mass is 10.0. The monoisotopic (exact) mass is 560 g/mol. The Bertz CT molecular complexity index is 627. The molecular formula is C29H56N2O6S. The van der Waals surface area contributed by atoms with Crippen LogP contribution in [0.5, 0.6) is 0 Å². The van der Waals surface area contributed by atoms with Crippen LogP contribution in [-0.2, 0) is 28.6 Å². The summed E-state index contributed by atoms with van der Waals surface area (Å²) < 4.78 is 15.6. The zero-order valence-electron chi connectivity index (χ0n) is 24.8. The fraction of sp³-hybridized carbons (Fsp3) is 0.897. The molecule has 38 heavy (non-hydrogen) atoms. The molecular weight excluding hydrogens is 504 g/mol. The number of amides is 1. The second-order valence-corrected chi connectivity index (χ2v) is 12.1. The van der Waals surface area contributed by atoms with Gasteiger partial charge in [-0.3, -0.25) is 9.59 Å². The number of carbonyl (C=O) groups is 3. The zero-order chi connectivity index (χ0) is 28.7. The molecule has 8 nitrogen and oxygen atoms in total.